The molecule has 2 fully saturated rings. The maximum Gasteiger partial charge on any atom is 0.427 e. The van der Waals surface area contributed by atoms with E-state index in [9.17, 15) is 63.7 Å². The van der Waals surface area contributed by atoms with E-state index in [2.05, 4.69) is 24.8 Å². The number of aromatic carboxylic acids is 2. The van der Waals surface area contributed by atoms with Crippen molar-refractivity contribution >= 4 is 100.0 Å². The normalized spacial score (nSPS) is 13.2. The molecule has 2 aliphatic rings. The number of carbonyl (C=O) groups excluding carboxylic acids is 3. The Labute approximate surface area is 446 Å². The topological polar surface area (TPSA) is 366 Å². The number of hydrogen-bond acceptors (Lipinski definition) is 17. The minimum Gasteiger partial charge on any atom is -0.494 e. The number of carboxylic acids is 3. The Morgan fingerprint density at radius 2 is 1.44 bits per heavy atom. The first-order valence-electron chi connectivity index (χ1n) is 20.9. The second kappa shape index (κ2) is 28.9. The zero-order valence-corrected chi connectivity index (χ0v) is 43.3. The van der Waals surface area contributed by atoms with Gasteiger partial charge in [0.2, 0.25) is 17.7 Å². The summed E-state index contributed by atoms with van der Waals surface area (Å²) in [5, 5.41) is 30.0. The number of imide groups is 1. The first-order chi connectivity index (χ1) is 35.8. The van der Waals surface area contributed by atoms with Gasteiger partial charge in [-0.3, -0.25) is 24.8 Å². The van der Waals surface area contributed by atoms with Crippen molar-refractivity contribution in [2.24, 2.45) is 0 Å². The van der Waals surface area contributed by atoms with Gasteiger partial charge in [0.25, 0.3) is 10.0 Å². The van der Waals surface area contributed by atoms with Crippen LogP contribution in [0.25, 0.3) is 0 Å². The molecule has 77 heavy (non-hydrogen) atoms. The lowest BCUT2D eigenvalue weighted by molar-refractivity contribution is -0.135. The first-order valence-corrected chi connectivity index (χ1v) is 25.3. The number of sulfonamides is 1. The lowest BCUT2D eigenvalue weighted by Crippen LogP contribution is -2.35. The fourth-order valence-corrected chi connectivity index (χ4v) is 8.21. The van der Waals surface area contributed by atoms with E-state index in [-0.39, 0.29) is 49.7 Å². The van der Waals surface area contributed by atoms with E-state index in [4.69, 9.17) is 74.1 Å². The summed E-state index contributed by atoms with van der Waals surface area (Å²) in [5.74, 6) is -8.01. The Morgan fingerprint density at radius 1 is 0.870 bits per heavy atom. The highest BCUT2D eigenvalue weighted by Crippen LogP contribution is 2.38. The van der Waals surface area contributed by atoms with Crippen LogP contribution in [0.15, 0.2) is 70.8 Å². The third kappa shape index (κ3) is 20.1. The number of carbonyl (C=O) groups is 6. The number of aliphatic carboxylic acids is 1. The van der Waals surface area contributed by atoms with Crippen LogP contribution in [0.2, 0.25) is 15.1 Å². The number of methoxy groups -OCH3 is 1. The Bertz CT molecular complexity index is 3020. The SMILES string of the molecule is CC(C)=C1OC(=O)N(c2cc(OC3CCCC3)c(Cl)cc2F)C1=O.COc1c(Cl)ccc(Cl)c1C(=O)O.O=C(Nc1nc(OC(F)F)cc(OC(F)F)n1)NS(=O)(=O)c1ccccc1C(=O)O.O=C(O)CNCP(=O)(O)O. The number of nitrogens with one attached hydrogen (secondary N) is 3. The fraction of sp³-hybridized carbons (Fsp3) is 0.286. The summed E-state index contributed by atoms with van der Waals surface area (Å²) >= 11 is 17.4. The molecule has 2 heterocycles. The Kier molecular flexibility index (Phi) is 24.0. The molecule has 1 saturated heterocycles. The summed E-state index contributed by atoms with van der Waals surface area (Å²) in [7, 11) is -7.47. The molecule has 1 aliphatic carbocycles. The van der Waals surface area contributed by atoms with Crippen molar-refractivity contribution in [3.8, 4) is 23.3 Å². The van der Waals surface area contributed by atoms with Gasteiger partial charge in [-0.25, -0.2) is 41.6 Å². The molecule has 0 atom stereocenters. The van der Waals surface area contributed by atoms with Crippen LogP contribution in [0.3, 0.4) is 0 Å². The molecule has 6 rings (SSSR count). The van der Waals surface area contributed by atoms with Crippen LogP contribution in [0.1, 0.15) is 60.2 Å². The number of benzene rings is 3. The number of urea groups is 1. The van der Waals surface area contributed by atoms with Gasteiger partial charge < -0.3 is 48.8 Å². The van der Waals surface area contributed by atoms with Gasteiger partial charge in [-0.05, 0) is 75.4 Å². The summed E-state index contributed by atoms with van der Waals surface area (Å²) < 4.78 is 123. The van der Waals surface area contributed by atoms with E-state index in [1.165, 1.54) is 42.2 Å². The van der Waals surface area contributed by atoms with Crippen LogP contribution in [0, 0.1) is 5.82 Å². The molecule has 35 heteroatoms. The average Bonchev–Trinajstić information content (AvgIpc) is 3.93. The average molecular weight is 1200 g/mol. The van der Waals surface area contributed by atoms with Crippen molar-refractivity contribution in [2.45, 2.75) is 63.8 Å². The number of alkyl halides is 4. The van der Waals surface area contributed by atoms with E-state index in [1.807, 2.05) is 0 Å². The van der Waals surface area contributed by atoms with Crippen molar-refractivity contribution < 1.29 is 112 Å². The number of rotatable bonds is 17. The van der Waals surface area contributed by atoms with Gasteiger partial charge in [-0.15, -0.1) is 0 Å². The summed E-state index contributed by atoms with van der Waals surface area (Å²) in [5.41, 5.74) is -0.447. The standard InChI is InChI=1S/C17H17ClFNO4.C14H10F4N4O7S.C8H6Cl2O3.C3H8NO5P/c1-9(2)15-16(21)20(17(22)24-15)13-8-14(11(18)7-12(13)19)23-10-5-3-4-6-10;15-11(16)28-8-5-9(29-12(17)18)20-13(19-8)21-14(25)22-30(26,27)7-4-2-1-3-6(7)10(23)24;1-13-7-5(10)3-2-4(9)6(7)8(11)12;5-3(6)1-4-2-10(7,8)9/h7-8,10H,3-6H2,1-2H3;1-5,11-12H,(H,23,24)(H2,19,20,21,22,25);2-3H,1H3,(H,11,12);4H,1-2H2,(H,5,6)(H2,7,8,9). The zero-order valence-electron chi connectivity index (χ0n) is 39.3. The van der Waals surface area contributed by atoms with Crippen LogP contribution in [0.5, 0.6) is 23.3 Å². The molecule has 0 bridgehead atoms. The van der Waals surface area contributed by atoms with Crippen molar-refractivity contribution in [3.05, 3.63) is 97.9 Å². The molecule has 4 amide bonds. The molecule has 1 aromatic heterocycles. The molecule has 1 saturated carbocycles. The number of nitrogens with zero attached hydrogens (tertiary/aromatic N) is 3. The summed E-state index contributed by atoms with van der Waals surface area (Å²) in [4.78, 5) is 90.7. The van der Waals surface area contributed by atoms with Gasteiger partial charge in [-0.2, -0.15) is 27.5 Å². The van der Waals surface area contributed by atoms with E-state index < -0.39 is 114 Å². The van der Waals surface area contributed by atoms with Crippen LogP contribution in [0.4, 0.5) is 43.2 Å². The quantitative estimate of drug-likeness (QED) is 0.0282. The molecule has 420 valence electrons. The minimum atomic E-state index is -4.71. The Morgan fingerprint density at radius 3 is 1.92 bits per heavy atom. The summed E-state index contributed by atoms with van der Waals surface area (Å²) in [6.07, 6.45) is 2.40. The number of carboxylic acid groups (broad SMARTS) is 3. The molecule has 0 spiro atoms. The number of cyclic esters (lactones) is 1. The van der Waals surface area contributed by atoms with Crippen molar-refractivity contribution in [3.63, 3.8) is 0 Å². The second-order valence-corrected chi connectivity index (χ2v) is 19.5. The van der Waals surface area contributed by atoms with Crippen molar-refractivity contribution in [1.82, 2.24) is 20.0 Å². The smallest absolute Gasteiger partial charge is 0.427 e. The number of anilines is 2. The van der Waals surface area contributed by atoms with Crippen molar-refractivity contribution in [1.29, 1.82) is 0 Å². The predicted octanol–water partition coefficient (Wildman–Crippen LogP) is 7.96. The number of hydrogen-bond donors (Lipinski definition) is 8. The first kappa shape index (κ1) is 64.2. The molecule has 0 radical (unpaired) electrons. The minimum absolute atomic E-state index is 0.00962. The van der Waals surface area contributed by atoms with E-state index in [1.54, 1.807) is 19.2 Å². The van der Waals surface area contributed by atoms with Gasteiger partial charge >= 0.3 is 56.8 Å². The second-order valence-electron chi connectivity index (χ2n) is 15.0. The largest absolute Gasteiger partial charge is 0.494 e. The highest BCUT2D eigenvalue weighted by Gasteiger charge is 2.40. The van der Waals surface area contributed by atoms with Gasteiger partial charge in [-0.1, -0.05) is 46.9 Å². The molecule has 4 aromatic rings. The summed E-state index contributed by atoms with van der Waals surface area (Å²) in [6.45, 7) is -3.98. The molecule has 8 N–H and O–H groups in total. The third-order valence-electron chi connectivity index (χ3n) is 9.09. The van der Waals surface area contributed by atoms with Gasteiger partial charge in [0.05, 0.1) is 58.4 Å². The van der Waals surface area contributed by atoms with E-state index >= 15 is 0 Å². The van der Waals surface area contributed by atoms with E-state index in [0.717, 1.165) is 43.9 Å². The fourth-order valence-electron chi connectivity index (χ4n) is 6.04. The number of allylic oxidation sites excluding steroid dienone is 1. The van der Waals surface area contributed by atoms with Crippen LogP contribution in [-0.2, 0) is 28.9 Å². The molecule has 0 unspecified atom stereocenters. The van der Waals surface area contributed by atoms with Crippen LogP contribution < -0.4 is 39.2 Å². The van der Waals surface area contributed by atoms with E-state index in [0.29, 0.717) is 16.5 Å². The third-order valence-corrected chi connectivity index (χ3v) is 12.0. The highest BCUT2D eigenvalue weighted by molar-refractivity contribution is 7.90. The van der Waals surface area contributed by atoms with Gasteiger partial charge in [0.15, 0.2) is 11.5 Å². The highest BCUT2D eigenvalue weighted by atomic mass is 35.5. The Balaban J connectivity index is 0.000000294. The number of halogens is 8. The molecular weight excluding hydrogens is 1160 g/mol. The number of amides is 4. The van der Waals surface area contributed by atoms with Gasteiger partial charge in [0.1, 0.15) is 22.0 Å². The van der Waals surface area contributed by atoms with Crippen molar-refractivity contribution in [2.75, 3.05) is 30.2 Å². The summed E-state index contributed by atoms with van der Waals surface area (Å²) in [6, 6.07) is 8.44. The monoisotopic (exact) mass is 1200 g/mol. The molecule has 3 aromatic carbocycles. The Hall–Kier alpha value is -7.12. The lowest BCUT2D eigenvalue weighted by atomic mass is 10.2. The number of ether oxygens (including phenoxy) is 5. The maximum absolute atomic E-state index is 14.3. The maximum atomic E-state index is 14.3. The number of aromatic nitrogens is 2. The van der Waals surface area contributed by atoms with Gasteiger partial charge in [0, 0.05) is 6.07 Å². The molecule has 1 aliphatic heterocycles. The molecular formula is C42H41Cl3F5N6O19PS. The predicted molar refractivity (Wildman–Crippen MR) is 257 cm³/mol. The van der Waals surface area contributed by atoms with Crippen LogP contribution in [-0.4, -0.2) is 119 Å². The van der Waals surface area contributed by atoms with Crippen LogP contribution >= 0.6 is 42.4 Å². The lowest BCUT2D eigenvalue weighted by Gasteiger charge is -2.18. The zero-order chi connectivity index (χ0) is 58.1. The molecule has 25 nitrogen and oxygen atoms in total.